The first-order valence-corrected chi connectivity index (χ1v) is 10.3. The molecule has 2 rings (SSSR count). The highest BCUT2D eigenvalue weighted by Gasteiger charge is 2.19. The Kier molecular flexibility index (Phi) is 6.09. The van der Waals surface area contributed by atoms with Crippen LogP contribution in [0.1, 0.15) is 28.4 Å². The van der Waals surface area contributed by atoms with Gasteiger partial charge in [0, 0.05) is 11.4 Å². The van der Waals surface area contributed by atoms with Crippen molar-refractivity contribution in [2.75, 3.05) is 12.8 Å². The van der Waals surface area contributed by atoms with Crippen LogP contribution in [0.15, 0.2) is 46.2 Å². The molecule has 2 aromatic rings. The molecule has 2 aromatic carbocycles. The van der Waals surface area contributed by atoms with Crippen LogP contribution in [0, 0.1) is 20.8 Å². The van der Waals surface area contributed by atoms with Gasteiger partial charge in [0.25, 0.3) is 0 Å². The Bertz CT molecular complexity index is 815. The smallest absolute Gasteiger partial charge is 0.240 e. The second-order valence-corrected chi connectivity index (χ2v) is 8.46. The number of sulfonamides is 1. The Balaban J connectivity index is 2.13. The normalized spacial score (nSPS) is 13.0. The van der Waals surface area contributed by atoms with Crippen LogP contribution < -0.4 is 4.72 Å². The summed E-state index contributed by atoms with van der Waals surface area (Å²) in [7, 11) is -3.66. The topological polar surface area (TPSA) is 66.4 Å². The van der Waals surface area contributed by atoms with Gasteiger partial charge in [-0.05, 0) is 67.5 Å². The summed E-state index contributed by atoms with van der Waals surface area (Å²) >= 11 is 1.62. The molecule has 4 nitrogen and oxygen atoms in total. The Morgan fingerprint density at radius 3 is 2.21 bits per heavy atom. The van der Waals surface area contributed by atoms with Crippen molar-refractivity contribution < 1.29 is 13.5 Å². The van der Waals surface area contributed by atoms with E-state index in [0.29, 0.717) is 11.1 Å². The number of aliphatic hydroxyl groups is 1. The monoisotopic (exact) mass is 365 g/mol. The van der Waals surface area contributed by atoms with Crippen molar-refractivity contribution in [3.8, 4) is 0 Å². The summed E-state index contributed by atoms with van der Waals surface area (Å²) in [6, 6.07) is 11.0. The molecule has 0 saturated heterocycles. The van der Waals surface area contributed by atoms with E-state index >= 15 is 0 Å². The highest BCUT2D eigenvalue weighted by atomic mass is 32.2. The van der Waals surface area contributed by atoms with Gasteiger partial charge in [-0.15, -0.1) is 11.8 Å². The average Bonchev–Trinajstić information content (AvgIpc) is 2.56. The van der Waals surface area contributed by atoms with Crippen LogP contribution in [0.5, 0.6) is 0 Å². The van der Waals surface area contributed by atoms with E-state index in [1.165, 1.54) is 0 Å². The van der Waals surface area contributed by atoms with Gasteiger partial charge in [0.1, 0.15) is 0 Å². The van der Waals surface area contributed by atoms with Crippen LogP contribution in [0.4, 0.5) is 0 Å². The Hall–Kier alpha value is -1.34. The number of benzene rings is 2. The third-order valence-electron chi connectivity index (χ3n) is 4.05. The van der Waals surface area contributed by atoms with Crippen LogP contribution in [0.2, 0.25) is 0 Å². The van der Waals surface area contributed by atoms with E-state index < -0.39 is 16.1 Å². The quantitative estimate of drug-likeness (QED) is 0.771. The fourth-order valence-corrected chi connectivity index (χ4v) is 4.19. The summed E-state index contributed by atoms with van der Waals surface area (Å²) in [6.07, 6.45) is 1.09. The van der Waals surface area contributed by atoms with Gasteiger partial charge in [-0.1, -0.05) is 18.2 Å². The van der Waals surface area contributed by atoms with Gasteiger partial charge in [-0.3, -0.25) is 0 Å². The number of aliphatic hydroxyl groups excluding tert-OH is 1. The molecule has 0 aromatic heterocycles. The van der Waals surface area contributed by atoms with Crippen molar-refractivity contribution in [1.82, 2.24) is 4.72 Å². The Morgan fingerprint density at radius 2 is 1.62 bits per heavy atom. The van der Waals surface area contributed by atoms with Gasteiger partial charge < -0.3 is 5.11 Å². The molecule has 0 amide bonds. The van der Waals surface area contributed by atoms with Crippen molar-refractivity contribution in [1.29, 1.82) is 0 Å². The van der Waals surface area contributed by atoms with Gasteiger partial charge in [0.05, 0.1) is 11.0 Å². The van der Waals surface area contributed by atoms with E-state index in [-0.39, 0.29) is 11.4 Å². The molecule has 0 unspecified atom stereocenters. The van der Waals surface area contributed by atoms with E-state index in [0.717, 1.165) is 16.0 Å². The lowest BCUT2D eigenvalue weighted by atomic mass is 10.1. The average molecular weight is 366 g/mol. The number of nitrogens with one attached hydrogen (secondary N) is 1. The minimum absolute atomic E-state index is 0.0622. The lowest BCUT2D eigenvalue weighted by molar-refractivity contribution is 0.182. The molecule has 0 spiro atoms. The maximum Gasteiger partial charge on any atom is 0.240 e. The minimum Gasteiger partial charge on any atom is -0.387 e. The minimum atomic E-state index is -3.66. The molecule has 1 atom stereocenters. The molecule has 24 heavy (non-hydrogen) atoms. The summed E-state index contributed by atoms with van der Waals surface area (Å²) in [5.41, 5.74) is 3.37. The van der Waals surface area contributed by atoms with Crippen LogP contribution in [-0.2, 0) is 10.0 Å². The number of hydrogen-bond acceptors (Lipinski definition) is 4. The number of rotatable bonds is 6. The second kappa shape index (κ2) is 7.70. The third kappa shape index (κ3) is 4.39. The molecule has 2 N–H and O–H groups in total. The van der Waals surface area contributed by atoms with E-state index in [1.54, 1.807) is 24.8 Å². The van der Waals surface area contributed by atoms with Crippen molar-refractivity contribution in [2.45, 2.75) is 36.7 Å². The molecule has 130 valence electrons. The molecule has 0 fully saturated rings. The fraction of sp³-hybridized carbons (Fsp3) is 0.333. The van der Waals surface area contributed by atoms with E-state index in [1.807, 2.05) is 50.4 Å². The summed E-state index contributed by atoms with van der Waals surface area (Å²) in [5.74, 6) is 0. The molecule has 6 heteroatoms. The van der Waals surface area contributed by atoms with Crippen molar-refractivity contribution in [3.63, 3.8) is 0 Å². The molecule has 0 radical (unpaired) electrons. The zero-order valence-corrected chi connectivity index (χ0v) is 16.0. The Morgan fingerprint density at radius 1 is 1.04 bits per heavy atom. The summed E-state index contributed by atoms with van der Waals surface area (Å²) in [4.78, 5) is 1.35. The van der Waals surface area contributed by atoms with Crippen LogP contribution in [0.3, 0.4) is 0 Å². The van der Waals surface area contributed by atoms with E-state index in [2.05, 4.69) is 4.72 Å². The molecule has 0 aliphatic carbocycles. The molecular formula is C18H23NO3S2. The van der Waals surface area contributed by atoms with Gasteiger partial charge in [0.15, 0.2) is 0 Å². The molecular weight excluding hydrogens is 342 g/mol. The van der Waals surface area contributed by atoms with Crippen LogP contribution in [0.25, 0.3) is 0 Å². The number of hydrogen-bond donors (Lipinski definition) is 2. The predicted octanol–water partition coefficient (Wildman–Crippen LogP) is 3.35. The standard InChI is InChI=1S/C18H23NO3S2/c1-12-9-14(3)18(10-13(12)2)24(21,22)19-11-17(20)15-5-7-16(23-4)8-6-15/h5-10,17,19-20H,11H2,1-4H3/t17-/m0/s1. The van der Waals surface area contributed by atoms with Gasteiger partial charge >= 0.3 is 0 Å². The van der Waals surface area contributed by atoms with Gasteiger partial charge in [-0.25, -0.2) is 13.1 Å². The second-order valence-electron chi connectivity index (χ2n) is 5.84. The largest absolute Gasteiger partial charge is 0.387 e. The van der Waals surface area contributed by atoms with Crippen molar-refractivity contribution in [2.24, 2.45) is 0 Å². The first-order valence-electron chi connectivity index (χ1n) is 7.64. The Labute approximate surface area is 148 Å². The molecule has 0 aliphatic heterocycles. The van der Waals surface area contributed by atoms with Crippen LogP contribution >= 0.6 is 11.8 Å². The van der Waals surface area contributed by atoms with Crippen LogP contribution in [-0.4, -0.2) is 26.3 Å². The lowest BCUT2D eigenvalue weighted by Gasteiger charge is -2.15. The van der Waals surface area contributed by atoms with E-state index in [9.17, 15) is 13.5 Å². The summed E-state index contributed by atoms with van der Waals surface area (Å²) < 4.78 is 27.6. The fourth-order valence-electron chi connectivity index (χ4n) is 2.43. The summed E-state index contributed by atoms with van der Waals surface area (Å²) in [5, 5.41) is 10.2. The number of thioether (sulfide) groups is 1. The molecule has 0 saturated carbocycles. The van der Waals surface area contributed by atoms with Gasteiger partial charge in [0.2, 0.25) is 10.0 Å². The first kappa shape index (κ1) is 19.0. The predicted molar refractivity (Wildman–Crippen MR) is 99.0 cm³/mol. The number of aryl methyl sites for hydroxylation is 3. The molecule has 0 aliphatic rings. The van der Waals surface area contributed by atoms with Crippen molar-refractivity contribution >= 4 is 21.8 Å². The maximum atomic E-state index is 12.5. The van der Waals surface area contributed by atoms with Gasteiger partial charge in [-0.2, -0.15) is 0 Å². The zero-order chi connectivity index (χ0) is 17.9. The highest BCUT2D eigenvalue weighted by molar-refractivity contribution is 7.98. The SMILES string of the molecule is CSc1ccc([C@@H](O)CNS(=O)(=O)c2cc(C)c(C)cc2C)cc1. The molecule has 0 heterocycles. The first-order chi connectivity index (χ1) is 11.2. The summed E-state index contributed by atoms with van der Waals surface area (Å²) in [6.45, 7) is 5.55. The maximum absolute atomic E-state index is 12.5. The van der Waals surface area contributed by atoms with Crippen molar-refractivity contribution in [3.05, 3.63) is 58.7 Å². The van der Waals surface area contributed by atoms with E-state index in [4.69, 9.17) is 0 Å². The molecule has 0 bridgehead atoms. The highest BCUT2D eigenvalue weighted by Crippen LogP contribution is 2.22. The third-order valence-corrected chi connectivity index (χ3v) is 6.36. The zero-order valence-electron chi connectivity index (χ0n) is 14.3. The lowest BCUT2D eigenvalue weighted by Crippen LogP contribution is -2.29.